The van der Waals surface area contributed by atoms with E-state index in [4.69, 9.17) is 9.47 Å². The number of non-ortho nitro benzene ring substituents is 1. The summed E-state index contributed by atoms with van der Waals surface area (Å²) in [6, 6.07) is 15.0. The minimum atomic E-state index is -0.467. The Morgan fingerprint density at radius 3 is 2.48 bits per heavy atom. The summed E-state index contributed by atoms with van der Waals surface area (Å²) < 4.78 is 11.6. The molecule has 0 radical (unpaired) electrons. The molecule has 2 saturated heterocycles. The Kier molecular flexibility index (Phi) is 5.60. The van der Waals surface area contributed by atoms with Crippen molar-refractivity contribution in [3.8, 4) is 0 Å². The number of hydrogen-bond acceptors (Lipinski definition) is 6. The van der Waals surface area contributed by atoms with Crippen LogP contribution in [0, 0.1) is 17.0 Å². The molecular weight excluding hydrogens is 372 g/mol. The minimum absolute atomic E-state index is 0.0278. The van der Waals surface area contributed by atoms with E-state index >= 15 is 0 Å². The van der Waals surface area contributed by atoms with Crippen LogP contribution in [0.2, 0.25) is 0 Å². The third-order valence-electron chi connectivity index (χ3n) is 5.75. The highest BCUT2D eigenvalue weighted by molar-refractivity contribution is 5.91. The number of ether oxygens (including phenoxy) is 2. The number of piperidine rings is 1. The highest BCUT2D eigenvalue weighted by Gasteiger charge is 2.40. The topological polar surface area (TPSA) is 81.9 Å². The number of nitro benzene ring substituents is 1. The van der Waals surface area contributed by atoms with Gasteiger partial charge in [-0.15, -0.1) is 0 Å². The molecule has 0 N–H and O–H groups in total. The predicted molar refractivity (Wildman–Crippen MR) is 107 cm³/mol. The van der Waals surface area contributed by atoms with Crippen molar-refractivity contribution in [2.24, 2.45) is 0 Å². The summed E-state index contributed by atoms with van der Waals surface area (Å²) in [7, 11) is 0. The Morgan fingerprint density at radius 1 is 1.17 bits per heavy atom. The van der Waals surface area contributed by atoms with Crippen molar-refractivity contribution in [3.63, 3.8) is 0 Å². The quantitative estimate of drug-likeness (QED) is 0.437. The van der Waals surface area contributed by atoms with Gasteiger partial charge in [0.25, 0.3) is 5.69 Å². The number of esters is 1. The van der Waals surface area contributed by atoms with Gasteiger partial charge in [0.05, 0.1) is 23.7 Å². The Morgan fingerprint density at radius 2 is 1.86 bits per heavy atom. The number of carbonyl (C=O) groups excluding carboxylic acids is 1. The van der Waals surface area contributed by atoms with E-state index in [0.717, 1.165) is 19.4 Å². The molecule has 152 valence electrons. The van der Waals surface area contributed by atoms with Crippen LogP contribution in [-0.4, -0.2) is 47.2 Å². The lowest BCUT2D eigenvalue weighted by atomic mass is 9.91. The Labute approximate surface area is 169 Å². The van der Waals surface area contributed by atoms with Crippen LogP contribution in [0.1, 0.15) is 34.3 Å². The van der Waals surface area contributed by atoms with Crippen LogP contribution in [-0.2, 0) is 16.0 Å². The first-order chi connectivity index (χ1) is 14.0. The molecule has 2 aromatic rings. The smallest absolute Gasteiger partial charge is 0.338 e. The lowest BCUT2D eigenvalue weighted by Gasteiger charge is -2.48. The summed E-state index contributed by atoms with van der Waals surface area (Å²) in [5, 5.41) is 10.9. The van der Waals surface area contributed by atoms with Crippen LogP contribution in [0.15, 0.2) is 48.5 Å². The van der Waals surface area contributed by atoms with Crippen molar-refractivity contribution in [3.05, 3.63) is 75.3 Å². The van der Waals surface area contributed by atoms with E-state index in [-0.39, 0.29) is 23.9 Å². The number of carbonyl (C=O) groups is 1. The summed E-state index contributed by atoms with van der Waals surface area (Å²) in [5.74, 6) is -0.419. The summed E-state index contributed by atoms with van der Waals surface area (Å²) in [5.41, 5.74) is 2.17. The largest absolute Gasteiger partial charge is 0.459 e. The summed E-state index contributed by atoms with van der Waals surface area (Å²) >= 11 is 0. The monoisotopic (exact) mass is 396 g/mol. The van der Waals surface area contributed by atoms with E-state index in [1.165, 1.54) is 23.8 Å². The second-order valence-corrected chi connectivity index (χ2v) is 7.76. The first-order valence-electron chi connectivity index (χ1n) is 9.84. The second kappa shape index (κ2) is 8.31. The van der Waals surface area contributed by atoms with Crippen LogP contribution < -0.4 is 0 Å². The van der Waals surface area contributed by atoms with E-state index < -0.39 is 10.9 Å². The predicted octanol–water partition coefficient (Wildman–Crippen LogP) is 3.49. The number of morpholine rings is 1. The molecule has 0 amide bonds. The highest BCUT2D eigenvalue weighted by atomic mass is 16.6. The molecule has 7 heteroatoms. The maximum atomic E-state index is 12.7. The first-order valence-corrected chi connectivity index (χ1v) is 9.84. The summed E-state index contributed by atoms with van der Waals surface area (Å²) in [4.78, 5) is 25.6. The molecule has 0 aromatic heterocycles. The molecule has 2 aromatic carbocycles. The highest BCUT2D eigenvalue weighted by Crippen LogP contribution is 2.31. The maximum absolute atomic E-state index is 12.7. The number of nitro groups is 1. The van der Waals surface area contributed by atoms with Gasteiger partial charge in [-0.1, -0.05) is 30.3 Å². The molecule has 2 aliphatic heterocycles. The number of rotatable bonds is 5. The van der Waals surface area contributed by atoms with Crippen molar-refractivity contribution in [1.82, 2.24) is 4.90 Å². The first kappa shape index (κ1) is 19.5. The minimum Gasteiger partial charge on any atom is -0.459 e. The van der Waals surface area contributed by atoms with Gasteiger partial charge in [-0.3, -0.25) is 15.0 Å². The van der Waals surface area contributed by atoms with Gasteiger partial charge in [-0.2, -0.15) is 0 Å². The van der Waals surface area contributed by atoms with E-state index in [1.54, 1.807) is 6.92 Å². The van der Waals surface area contributed by atoms with Crippen LogP contribution in [0.4, 0.5) is 5.69 Å². The molecule has 0 aliphatic carbocycles. The number of nitrogens with zero attached hydrogens (tertiary/aromatic N) is 2. The summed E-state index contributed by atoms with van der Waals surface area (Å²) in [6.07, 6.45) is 1.27. The van der Waals surface area contributed by atoms with Gasteiger partial charge in [-0.05, 0) is 24.1 Å². The second-order valence-electron chi connectivity index (χ2n) is 7.76. The van der Waals surface area contributed by atoms with Gasteiger partial charge in [-0.25, -0.2) is 4.79 Å². The number of benzene rings is 2. The zero-order valence-electron chi connectivity index (χ0n) is 16.3. The molecule has 2 atom stereocenters. The third kappa shape index (κ3) is 4.31. The molecule has 2 bridgehead atoms. The fraction of sp³-hybridized carbons (Fsp3) is 0.409. The zero-order valence-corrected chi connectivity index (χ0v) is 16.3. The molecule has 2 heterocycles. The van der Waals surface area contributed by atoms with E-state index in [9.17, 15) is 14.9 Å². The molecule has 4 rings (SSSR count). The molecule has 2 aliphatic rings. The average Bonchev–Trinajstić information content (AvgIpc) is 2.69. The molecule has 7 nitrogen and oxygen atoms in total. The zero-order chi connectivity index (χ0) is 20.4. The van der Waals surface area contributed by atoms with E-state index in [0.29, 0.717) is 24.3 Å². The summed E-state index contributed by atoms with van der Waals surface area (Å²) in [6.45, 7) is 3.82. The van der Waals surface area contributed by atoms with Crippen molar-refractivity contribution in [2.75, 3.05) is 13.2 Å². The van der Waals surface area contributed by atoms with E-state index in [2.05, 4.69) is 17.0 Å². The van der Waals surface area contributed by atoms with E-state index in [1.807, 2.05) is 18.2 Å². The standard InChI is InChI=1S/C22H24N2O5/c1-15-9-17(24(26)27)7-8-21(15)22(25)29-20-10-18-13-28-14-19(11-20)23(18)12-16-5-3-2-4-6-16/h2-9,18-20H,10-14H2,1H3. The van der Waals surface area contributed by atoms with Crippen LogP contribution >= 0.6 is 0 Å². The SMILES string of the molecule is Cc1cc([N+](=O)[O-])ccc1C(=O)OC1CC2COCC(C1)N2Cc1ccccc1. The van der Waals surface area contributed by atoms with Crippen LogP contribution in [0.5, 0.6) is 0 Å². The normalized spacial score (nSPS) is 24.1. The molecular formula is C22H24N2O5. The van der Waals surface area contributed by atoms with Gasteiger partial charge in [0, 0.05) is 43.6 Å². The number of fused-ring (bicyclic) bond motifs is 2. The molecule has 2 fully saturated rings. The Hall–Kier alpha value is -2.77. The van der Waals surface area contributed by atoms with Gasteiger partial charge in [0.1, 0.15) is 6.10 Å². The fourth-order valence-corrected chi connectivity index (χ4v) is 4.29. The number of hydrogen-bond donors (Lipinski definition) is 0. The fourth-order valence-electron chi connectivity index (χ4n) is 4.29. The van der Waals surface area contributed by atoms with Crippen molar-refractivity contribution in [1.29, 1.82) is 0 Å². The van der Waals surface area contributed by atoms with Crippen LogP contribution in [0.3, 0.4) is 0 Å². The Bertz CT molecular complexity index is 887. The Balaban J connectivity index is 1.42. The number of aryl methyl sites for hydroxylation is 1. The van der Waals surface area contributed by atoms with Crippen LogP contribution in [0.25, 0.3) is 0 Å². The van der Waals surface area contributed by atoms with Gasteiger partial charge in [0.15, 0.2) is 0 Å². The average molecular weight is 396 g/mol. The van der Waals surface area contributed by atoms with Crippen molar-refractivity contribution < 1.29 is 19.2 Å². The lowest BCUT2D eigenvalue weighted by Crippen LogP contribution is -2.58. The van der Waals surface area contributed by atoms with Crippen molar-refractivity contribution in [2.45, 2.75) is 44.5 Å². The van der Waals surface area contributed by atoms with Gasteiger partial charge in [0.2, 0.25) is 0 Å². The molecule has 0 spiro atoms. The van der Waals surface area contributed by atoms with Gasteiger partial charge < -0.3 is 9.47 Å². The molecule has 2 unspecified atom stereocenters. The maximum Gasteiger partial charge on any atom is 0.338 e. The van der Waals surface area contributed by atoms with Crippen molar-refractivity contribution >= 4 is 11.7 Å². The lowest BCUT2D eigenvalue weighted by molar-refractivity contribution is -0.384. The third-order valence-corrected chi connectivity index (χ3v) is 5.75. The van der Waals surface area contributed by atoms with Gasteiger partial charge >= 0.3 is 5.97 Å². The molecule has 0 saturated carbocycles. The molecule has 29 heavy (non-hydrogen) atoms.